The maximum absolute atomic E-state index is 13.7. The molecule has 0 spiro atoms. The molecule has 0 saturated carbocycles. The maximum atomic E-state index is 13.7. The molecular weight excluding hydrogens is 257 g/mol. The first kappa shape index (κ1) is 14.0. The summed E-state index contributed by atoms with van der Waals surface area (Å²) in [5.41, 5.74) is 1.94. The Morgan fingerprint density at radius 1 is 1.26 bits per heavy atom. The van der Waals surface area contributed by atoms with Gasteiger partial charge in [-0.1, -0.05) is 23.8 Å². The molecule has 19 heavy (non-hydrogen) atoms. The number of benzene rings is 1. The molecule has 0 aliphatic heterocycles. The van der Waals surface area contributed by atoms with Crippen molar-refractivity contribution in [1.29, 1.82) is 0 Å². The van der Waals surface area contributed by atoms with E-state index in [0.29, 0.717) is 11.6 Å². The molecule has 0 saturated heterocycles. The molecule has 2 rings (SSSR count). The van der Waals surface area contributed by atoms with E-state index in [0.717, 1.165) is 9.75 Å². The van der Waals surface area contributed by atoms with E-state index in [1.54, 1.807) is 17.4 Å². The molecule has 0 amide bonds. The predicted octanol–water partition coefficient (Wildman–Crippen LogP) is 4.57. The number of halogens is 1. The number of nitrogens with one attached hydrogen (secondary N) is 1. The standard InChI is InChI=1S/C16H18FNS/c1-11(12(2)18-3)10-13-8-9-16(19-13)14-6-4-5-7-15(14)17/h4-10,12,18H,1-3H3/b11-10+. The Bertz CT molecular complexity index is 586. The van der Waals surface area contributed by atoms with Gasteiger partial charge in [-0.2, -0.15) is 0 Å². The van der Waals surface area contributed by atoms with E-state index in [4.69, 9.17) is 0 Å². The topological polar surface area (TPSA) is 12.0 Å². The summed E-state index contributed by atoms with van der Waals surface area (Å²) in [4.78, 5) is 2.12. The molecule has 1 atom stereocenters. The molecule has 0 radical (unpaired) electrons. The summed E-state index contributed by atoms with van der Waals surface area (Å²) >= 11 is 1.61. The third-order valence-electron chi connectivity index (χ3n) is 3.25. The summed E-state index contributed by atoms with van der Waals surface area (Å²) < 4.78 is 13.7. The first-order valence-corrected chi connectivity index (χ1v) is 7.13. The van der Waals surface area contributed by atoms with Gasteiger partial charge in [0.2, 0.25) is 0 Å². The van der Waals surface area contributed by atoms with Crippen LogP contribution < -0.4 is 5.32 Å². The van der Waals surface area contributed by atoms with Crippen molar-refractivity contribution in [3.8, 4) is 10.4 Å². The van der Waals surface area contributed by atoms with E-state index < -0.39 is 0 Å². The van der Waals surface area contributed by atoms with Gasteiger partial charge in [0.1, 0.15) is 5.82 Å². The Labute approximate surface area is 117 Å². The van der Waals surface area contributed by atoms with Crippen molar-refractivity contribution >= 4 is 17.4 Å². The van der Waals surface area contributed by atoms with Crippen molar-refractivity contribution in [2.75, 3.05) is 7.05 Å². The van der Waals surface area contributed by atoms with Gasteiger partial charge in [0.25, 0.3) is 0 Å². The summed E-state index contributed by atoms with van der Waals surface area (Å²) in [6.45, 7) is 4.22. The van der Waals surface area contributed by atoms with Gasteiger partial charge in [0.05, 0.1) is 0 Å². The van der Waals surface area contributed by atoms with Gasteiger partial charge in [0.15, 0.2) is 0 Å². The highest BCUT2D eigenvalue weighted by Crippen LogP contribution is 2.31. The summed E-state index contributed by atoms with van der Waals surface area (Å²) in [7, 11) is 1.95. The van der Waals surface area contributed by atoms with Crippen LogP contribution in [0.4, 0.5) is 4.39 Å². The molecule has 3 heteroatoms. The number of hydrogen-bond acceptors (Lipinski definition) is 2. The van der Waals surface area contributed by atoms with Crippen LogP contribution in [0.5, 0.6) is 0 Å². The Morgan fingerprint density at radius 2 is 2.00 bits per heavy atom. The zero-order valence-corrected chi connectivity index (χ0v) is 12.2. The SMILES string of the molecule is CNC(C)/C(C)=C/c1ccc(-c2ccccc2F)s1. The van der Waals surface area contributed by atoms with Crippen LogP contribution >= 0.6 is 11.3 Å². The monoisotopic (exact) mass is 275 g/mol. The molecule has 0 fully saturated rings. The Hall–Kier alpha value is -1.45. The molecule has 100 valence electrons. The molecule has 1 aromatic carbocycles. The number of likely N-dealkylation sites (N-methyl/N-ethyl adjacent to an activating group) is 1. The van der Waals surface area contributed by atoms with Crippen molar-refractivity contribution < 1.29 is 4.39 Å². The van der Waals surface area contributed by atoms with Crippen LogP contribution in [0, 0.1) is 5.82 Å². The highest BCUT2D eigenvalue weighted by Gasteiger charge is 2.07. The van der Waals surface area contributed by atoms with Gasteiger partial charge in [-0.05, 0) is 45.2 Å². The number of hydrogen-bond donors (Lipinski definition) is 1. The zero-order chi connectivity index (χ0) is 13.8. The van der Waals surface area contributed by atoms with E-state index >= 15 is 0 Å². The second-order valence-electron chi connectivity index (χ2n) is 4.58. The maximum Gasteiger partial charge on any atom is 0.131 e. The third kappa shape index (κ3) is 3.31. The molecule has 0 bridgehead atoms. The van der Waals surface area contributed by atoms with Crippen LogP contribution in [-0.4, -0.2) is 13.1 Å². The number of thiophene rings is 1. The fourth-order valence-electron chi connectivity index (χ4n) is 1.81. The molecule has 1 nitrogen and oxygen atoms in total. The zero-order valence-electron chi connectivity index (χ0n) is 11.4. The summed E-state index contributed by atoms with van der Waals surface area (Å²) in [6.07, 6.45) is 2.15. The molecule has 1 aromatic heterocycles. The van der Waals surface area contributed by atoms with E-state index in [9.17, 15) is 4.39 Å². The molecule has 1 N–H and O–H groups in total. The van der Waals surface area contributed by atoms with Gasteiger partial charge in [-0.25, -0.2) is 4.39 Å². The highest BCUT2D eigenvalue weighted by atomic mass is 32.1. The van der Waals surface area contributed by atoms with Crippen molar-refractivity contribution in [2.45, 2.75) is 19.9 Å². The van der Waals surface area contributed by atoms with Crippen molar-refractivity contribution in [3.63, 3.8) is 0 Å². The summed E-state index contributed by atoms with van der Waals surface area (Å²) in [5, 5.41) is 3.21. The first-order chi connectivity index (χ1) is 9.11. The lowest BCUT2D eigenvalue weighted by Gasteiger charge is -2.09. The predicted molar refractivity (Wildman–Crippen MR) is 81.9 cm³/mol. The molecule has 0 aliphatic carbocycles. The van der Waals surface area contributed by atoms with Gasteiger partial charge in [-0.3, -0.25) is 0 Å². The minimum atomic E-state index is -0.166. The molecule has 0 aliphatic rings. The largest absolute Gasteiger partial charge is 0.314 e. The minimum absolute atomic E-state index is 0.166. The van der Waals surface area contributed by atoms with Crippen LogP contribution in [0.2, 0.25) is 0 Å². The quantitative estimate of drug-likeness (QED) is 0.862. The normalized spacial score (nSPS) is 13.6. The van der Waals surface area contributed by atoms with Crippen LogP contribution in [0.15, 0.2) is 42.0 Å². The highest BCUT2D eigenvalue weighted by molar-refractivity contribution is 7.16. The Morgan fingerprint density at radius 3 is 2.68 bits per heavy atom. The Kier molecular flexibility index (Phi) is 4.51. The lowest BCUT2D eigenvalue weighted by atomic mass is 10.1. The van der Waals surface area contributed by atoms with Gasteiger partial charge < -0.3 is 5.32 Å². The van der Waals surface area contributed by atoms with Crippen LogP contribution in [0.1, 0.15) is 18.7 Å². The second-order valence-corrected chi connectivity index (χ2v) is 5.70. The van der Waals surface area contributed by atoms with E-state index in [-0.39, 0.29) is 5.82 Å². The third-order valence-corrected chi connectivity index (χ3v) is 4.32. The Balaban J connectivity index is 2.28. The summed E-state index contributed by atoms with van der Waals surface area (Å²) in [6, 6.07) is 11.3. The van der Waals surface area contributed by atoms with Crippen molar-refractivity contribution in [2.24, 2.45) is 0 Å². The van der Waals surface area contributed by atoms with Gasteiger partial charge in [-0.15, -0.1) is 11.3 Å². The summed E-state index contributed by atoms with van der Waals surface area (Å²) in [5.74, 6) is -0.166. The smallest absolute Gasteiger partial charge is 0.131 e. The second kappa shape index (κ2) is 6.13. The van der Waals surface area contributed by atoms with Crippen molar-refractivity contribution in [1.82, 2.24) is 5.32 Å². The van der Waals surface area contributed by atoms with Crippen LogP contribution in [-0.2, 0) is 0 Å². The minimum Gasteiger partial charge on any atom is -0.314 e. The van der Waals surface area contributed by atoms with E-state index in [1.165, 1.54) is 11.6 Å². The lowest BCUT2D eigenvalue weighted by molar-refractivity contribution is 0.631. The van der Waals surface area contributed by atoms with Gasteiger partial charge >= 0.3 is 0 Å². The molecule has 1 unspecified atom stereocenters. The van der Waals surface area contributed by atoms with Crippen molar-refractivity contribution in [3.05, 3.63) is 52.7 Å². The fraction of sp³-hybridized carbons (Fsp3) is 0.250. The molecule has 2 aromatic rings. The average Bonchev–Trinajstić information content (AvgIpc) is 2.86. The van der Waals surface area contributed by atoms with Crippen LogP contribution in [0.3, 0.4) is 0 Å². The van der Waals surface area contributed by atoms with Gasteiger partial charge in [0, 0.05) is 21.4 Å². The first-order valence-electron chi connectivity index (χ1n) is 6.32. The van der Waals surface area contributed by atoms with E-state index in [1.807, 2.05) is 31.3 Å². The fourth-order valence-corrected chi connectivity index (χ4v) is 2.86. The average molecular weight is 275 g/mol. The molecular formula is C16H18FNS. The lowest BCUT2D eigenvalue weighted by Crippen LogP contribution is -2.21. The number of rotatable bonds is 4. The van der Waals surface area contributed by atoms with E-state index in [2.05, 4.69) is 25.2 Å². The van der Waals surface area contributed by atoms with Crippen LogP contribution in [0.25, 0.3) is 16.5 Å². The molecule has 1 heterocycles.